The van der Waals surface area contributed by atoms with E-state index in [1.165, 1.54) is 22.2 Å². The zero-order valence-corrected chi connectivity index (χ0v) is 27.7. The van der Waals surface area contributed by atoms with Gasteiger partial charge in [-0.25, -0.2) is 14.2 Å². The molecule has 1 fully saturated rings. The molecule has 246 valence electrons. The fourth-order valence-corrected chi connectivity index (χ4v) is 6.45. The number of nitrogens with one attached hydrogen (secondary N) is 1. The standard InChI is InChI=1S/C34H38FN7O4S/c1-33(2,3)46-32(44)37-16-22-5-7-23(8-6-22)30-28-29(39-40(30)4)31(43)42(20-38-28)19-34(45)11-13-41(14-12-34)18-25-10-9-24(15-26(25)35)27-17-36-21-47-27/h5-10,15,17,20-21,45H,11-14,16,18-19H2,1-4H3,(H,37,44). The summed E-state index contributed by atoms with van der Waals surface area (Å²) in [5.41, 5.74) is 4.22. The van der Waals surface area contributed by atoms with Crippen LogP contribution < -0.4 is 10.9 Å². The predicted molar refractivity (Wildman–Crippen MR) is 178 cm³/mol. The Kier molecular flexibility index (Phi) is 8.97. The second kappa shape index (κ2) is 13.0. The number of carbonyl (C=O) groups excluding carboxylic acids is 1. The van der Waals surface area contributed by atoms with Crippen LogP contribution in [-0.4, -0.2) is 64.7 Å². The molecule has 1 aliphatic heterocycles. The summed E-state index contributed by atoms with van der Waals surface area (Å²) in [6, 6.07) is 12.8. The van der Waals surface area contributed by atoms with Gasteiger partial charge in [-0.1, -0.05) is 36.4 Å². The molecule has 0 aliphatic carbocycles. The molecule has 0 saturated carbocycles. The van der Waals surface area contributed by atoms with E-state index in [9.17, 15) is 19.1 Å². The van der Waals surface area contributed by atoms with Gasteiger partial charge in [-0.3, -0.25) is 23.9 Å². The summed E-state index contributed by atoms with van der Waals surface area (Å²) in [7, 11) is 1.76. The molecule has 0 radical (unpaired) electrons. The van der Waals surface area contributed by atoms with Gasteiger partial charge in [0.2, 0.25) is 0 Å². The molecule has 0 bridgehead atoms. The second-order valence-electron chi connectivity index (χ2n) is 13.1. The number of halogens is 1. The molecule has 6 rings (SSSR count). The highest BCUT2D eigenvalue weighted by molar-refractivity contribution is 7.13. The Morgan fingerprint density at radius 1 is 1.11 bits per heavy atom. The van der Waals surface area contributed by atoms with Gasteiger partial charge in [-0.2, -0.15) is 5.10 Å². The molecule has 1 amide bonds. The number of alkyl carbamates (subject to hydrolysis) is 1. The van der Waals surface area contributed by atoms with Crippen molar-refractivity contribution in [2.45, 2.75) is 64.4 Å². The van der Waals surface area contributed by atoms with E-state index in [-0.39, 0.29) is 23.4 Å². The Hall–Kier alpha value is -4.46. The number of ether oxygens (including phenoxy) is 1. The first-order valence-corrected chi connectivity index (χ1v) is 16.4. The molecule has 1 aliphatic rings. The quantitative estimate of drug-likeness (QED) is 0.235. The molecule has 47 heavy (non-hydrogen) atoms. The fraction of sp³-hybridized carbons (Fsp3) is 0.382. The molecule has 11 nitrogen and oxygen atoms in total. The number of rotatable bonds is 8. The smallest absolute Gasteiger partial charge is 0.407 e. The van der Waals surface area contributed by atoms with E-state index in [0.29, 0.717) is 55.8 Å². The van der Waals surface area contributed by atoms with Crippen LogP contribution in [0.4, 0.5) is 9.18 Å². The number of nitrogens with zero attached hydrogens (tertiary/aromatic N) is 6. The number of thiazole rings is 1. The number of hydrogen-bond donors (Lipinski definition) is 2. The average molecular weight is 660 g/mol. The number of aromatic nitrogens is 5. The van der Waals surface area contributed by atoms with Crippen LogP contribution in [0.15, 0.2) is 65.3 Å². The van der Waals surface area contributed by atoms with Gasteiger partial charge in [0.1, 0.15) is 16.9 Å². The van der Waals surface area contributed by atoms with Crippen LogP contribution in [-0.2, 0) is 31.4 Å². The Morgan fingerprint density at radius 2 is 1.83 bits per heavy atom. The molecule has 0 unspecified atom stereocenters. The van der Waals surface area contributed by atoms with Crippen molar-refractivity contribution < 1.29 is 19.0 Å². The first kappa shape index (κ1) is 32.5. The minimum atomic E-state index is -1.11. The van der Waals surface area contributed by atoms with E-state index >= 15 is 0 Å². The van der Waals surface area contributed by atoms with Gasteiger partial charge in [0.15, 0.2) is 5.52 Å². The lowest BCUT2D eigenvalue weighted by Gasteiger charge is -2.38. The van der Waals surface area contributed by atoms with Crippen molar-refractivity contribution in [3.63, 3.8) is 0 Å². The predicted octanol–water partition coefficient (Wildman–Crippen LogP) is 5.11. The first-order valence-electron chi connectivity index (χ1n) is 15.5. The van der Waals surface area contributed by atoms with Crippen molar-refractivity contribution in [3.05, 3.63) is 87.8 Å². The third kappa shape index (κ3) is 7.42. The summed E-state index contributed by atoms with van der Waals surface area (Å²) in [6.45, 7) is 7.40. The van der Waals surface area contributed by atoms with E-state index in [1.54, 1.807) is 29.5 Å². The van der Waals surface area contributed by atoms with Gasteiger partial charge < -0.3 is 15.2 Å². The largest absolute Gasteiger partial charge is 0.444 e. The minimum Gasteiger partial charge on any atom is -0.444 e. The van der Waals surface area contributed by atoms with Crippen LogP contribution in [0.2, 0.25) is 0 Å². The van der Waals surface area contributed by atoms with Crippen molar-refractivity contribution in [2.75, 3.05) is 13.1 Å². The fourth-order valence-electron chi connectivity index (χ4n) is 5.83. The zero-order chi connectivity index (χ0) is 33.3. The first-order chi connectivity index (χ1) is 22.4. The Balaban J connectivity index is 1.10. The van der Waals surface area contributed by atoms with Crippen LogP contribution >= 0.6 is 11.3 Å². The van der Waals surface area contributed by atoms with Crippen LogP contribution in [0, 0.1) is 5.82 Å². The highest BCUT2D eigenvalue weighted by atomic mass is 32.1. The number of benzene rings is 2. The van der Waals surface area contributed by atoms with Crippen LogP contribution in [0.5, 0.6) is 0 Å². The summed E-state index contributed by atoms with van der Waals surface area (Å²) in [5.74, 6) is -0.261. The highest BCUT2D eigenvalue weighted by Gasteiger charge is 2.34. The number of aryl methyl sites for hydroxylation is 1. The van der Waals surface area contributed by atoms with Crippen LogP contribution in [0.25, 0.3) is 32.7 Å². The Morgan fingerprint density at radius 3 is 2.49 bits per heavy atom. The topological polar surface area (TPSA) is 127 Å². The number of amides is 1. The molecular weight excluding hydrogens is 621 g/mol. The maximum absolute atomic E-state index is 14.9. The number of likely N-dealkylation sites (tertiary alicyclic amines) is 1. The lowest BCUT2D eigenvalue weighted by Crippen LogP contribution is -2.47. The van der Waals surface area contributed by atoms with Gasteiger partial charge in [0, 0.05) is 50.6 Å². The van der Waals surface area contributed by atoms with Gasteiger partial charge in [0.25, 0.3) is 5.56 Å². The maximum Gasteiger partial charge on any atom is 0.407 e. The molecule has 0 atom stereocenters. The molecular formula is C34H38FN7O4S. The average Bonchev–Trinajstić information content (AvgIpc) is 3.68. The van der Waals surface area contributed by atoms with E-state index in [4.69, 9.17) is 4.74 Å². The number of piperidine rings is 1. The summed E-state index contributed by atoms with van der Waals surface area (Å²) in [6.07, 6.45) is 3.57. The summed E-state index contributed by atoms with van der Waals surface area (Å²) < 4.78 is 23.3. The van der Waals surface area contributed by atoms with Crippen molar-refractivity contribution in [3.8, 4) is 21.7 Å². The third-order valence-electron chi connectivity index (χ3n) is 8.29. The summed E-state index contributed by atoms with van der Waals surface area (Å²) in [5, 5.41) is 18.7. The second-order valence-corrected chi connectivity index (χ2v) is 14.0. The van der Waals surface area contributed by atoms with Gasteiger partial charge in [0.05, 0.1) is 34.6 Å². The Bertz CT molecular complexity index is 1940. The molecule has 5 aromatic rings. The van der Waals surface area contributed by atoms with Gasteiger partial charge >= 0.3 is 6.09 Å². The van der Waals surface area contributed by atoms with E-state index < -0.39 is 17.3 Å². The highest BCUT2D eigenvalue weighted by Crippen LogP contribution is 2.29. The van der Waals surface area contributed by atoms with E-state index in [2.05, 4.69) is 25.3 Å². The lowest BCUT2D eigenvalue weighted by molar-refractivity contribution is -0.0366. The zero-order valence-electron chi connectivity index (χ0n) is 26.9. The normalized spacial score (nSPS) is 15.2. The molecule has 4 heterocycles. The molecule has 0 spiro atoms. The third-order valence-corrected chi connectivity index (χ3v) is 9.11. The van der Waals surface area contributed by atoms with Gasteiger partial charge in [-0.05, 0) is 50.8 Å². The van der Waals surface area contributed by atoms with Crippen LogP contribution in [0.3, 0.4) is 0 Å². The summed E-state index contributed by atoms with van der Waals surface area (Å²) in [4.78, 5) is 37.2. The monoisotopic (exact) mass is 659 g/mol. The Labute approximate surface area is 275 Å². The van der Waals surface area contributed by atoms with E-state index in [1.807, 2.05) is 57.2 Å². The molecule has 3 aromatic heterocycles. The summed E-state index contributed by atoms with van der Waals surface area (Å²) >= 11 is 1.47. The lowest BCUT2D eigenvalue weighted by atomic mass is 9.91. The van der Waals surface area contributed by atoms with Crippen LogP contribution in [0.1, 0.15) is 44.7 Å². The molecule has 2 aromatic carbocycles. The molecule has 13 heteroatoms. The number of aliphatic hydroxyl groups is 1. The molecule has 2 N–H and O–H groups in total. The minimum absolute atomic E-state index is 0.0891. The van der Waals surface area contributed by atoms with Crippen molar-refractivity contribution in [1.82, 2.24) is 34.5 Å². The van der Waals surface area contributed by atoms with E-state index in [0.717, 1.165) is 21.6 Å². The van der Waals surface area contributed by atoms with Crippen molar-refractivity contribution in [1.29, 1.82) is 0 Å². The number of hydrogen-bond acceptors (Lipinski definition) is 9. The number of fused-ring (bicyclic) bond motifs is 1. The SMILES string of the molecule is Cn1nc2c(=O)n(CC3(O)CCN(Cc4ccc(-c5cncs5)cc4F)CC3)cnc2c1-c1ccc(CNC(=O)OC(C)(C)C)cc1. The van der Waals surface area contributed by atoms with Crippen molar-refractivity contribution >= 4 is 28.5 Å². The maximum atomic E-state index is 14.9. The van der Waals surface area contributed by atoms with Gasteiger partial charge in [-0.15, -0.1) is 11.3 Å². The molecule has 1 saturated heterocycles. The number of carbonyl (C=O) groups is 1. The van der Waals surface area contributed by atoms with Crippen molar-refractivity contribution in [2.24, 2.45) is 7.05 Å².